The molecule has 0 unspecified atom stereocenters. The summed E-state index contributed by atoms with van der Waals surface area (Å²) in [4.78, 5) is 42.4. The van der Waals surface area contributed by atoms with E-state index in [1.54, 1.807) is 23.1 Å². The van der Waals surface area contributed by atoms with Gasteiger partial charge in [-0.05, 0) is 100.0 Å². The number of halogens is 3. The number of hydrogen-bond acceptors (Lipinski definition) is 4. The van der Waals surface area contributed by atoms with Crippen molar-refractivity contribution in [2.45, 2.75) is 38.5 Å². The number of nitrogens with two attached hydrogens (primary N) is 1. The number of benzene rings is 2. The molecule has 2 heterocycles. The van der Waals surface area contributed by atoms with Crippen molar-refractivity contribution in [1.82, 2.24) is 9.80 Å². The standard InChI is InChI=1S/C29H35Cl2FN4O3/c30-25-7-6-24(19-26(25)31)36(28(38)22-10-16-35(17-11-22)29(39)27(33)37)13-1-12-34-14-8-21(9-15-34)18-20-2-4-23(32)5-3-20/h2-7,19,21-22H,1,8-18H2,(H2,33,37). The lowest BCUT2D eigenvalue weighted by atomic mass is 9.90. The van der Waals surface area contributed by atoms with Gasteiger partial charge in [0.25, 0.3) is 0 Å². The molecule has 2 aromatic carbocycles. The van der Waals surface area contributed by atoms with E-state index in [4.69, 9.17) is 28.9 Å². The first-order chi connectivity index (χ1) is 18.7. The van der Waals surface area contributed by atoms with Crippen LogP contribution in [0.1, 0.15) is 37.7 Å². The second-order valence-corrected chi connectivity index (χ2v) is 11.3. The topological polar surface area (TPSA) is 86.9 Å². The maximum Gasteiger partial charge on any atom is 0.311 e. The van der Waals surface area contributed by atoms with E-state index in [2.05, 4.69) is 4.90 Å². The second-order valence-electron chi connectivity index (χ2n) is 10.5. The van der Waals surface area contributed by atoms with Crippen LogP contribution in [0.4, 0.5) is 10.1 Å². The maximum atomic E-state index is 13.6. The number of rotatable bonds is 8. The van der Waals surface area contributed by atoms with Crippen LogP contribution in [0.15, 0.2) is 42.5 Å². The summed E-state index contributed by atoms with van der Waals surface area (Å²) in [5.41, 5.74) is 7.00. The summed E-state index contributed by atoms with van der Waals surface area (Å²) >= 11 is 12.4. The summed E-state index contributed by atoms with van der Waals surface area (Å²) in [5.74, 6) is -1.57. The zero-order valence-corrected chi connectivity index (χ0v) is 23.5. The van der Waals surface area contributed by atoms with E-state index in [9.17, 15) is 18.8 Å². The second kappa shape index (κ2) is 13.6. The molecule has 2 N–H and O–H groups in total. The summed E-state index contributed by atoms with van der Waals surface area (Å²) in [5, 5.41) is 0.812. The minimum Gasteiger partial charge on any atom is -0.361 e. The van der Waals surface area contributed by atoms with Crippen molar-refractivity contribution in [3.63, 3.8) is 0 Å². The lowest BCUT2D eigenvalue weighted by Crippen LogP contribution is -2.48. The molecule has 2 aliphatic heterocycles. The Balaban J connectivity index is 1.31. The Labute approximate surface area is 239 Å². The molecule has 2 saturated heterocycles. The van der Waals surface area contributed by atoms with Gasteiger partial charge in [0, 0.05) is 31.2 Å². The first-order valence-electron chi connectivity index (χ1n) is 13.5. The van der Waals surface area contributed by atoms with Gasteiger partial charge in [0.15, 0.2) is 0 Å². The molecule has 0 spiro atoms. The molecule has 39 heavy (non-hydrogen) atoms. The Kier molecular flexibility index (Phi) is 10.2. The number of carbonyl (C=O) groups is 3. The molecule has 0 radical (unpaired) electrons. The van der Waals surface area contributed by atoms with Gasteiger partial charge in [-0.15, -0.1) is 0 Å². The van der Waals surface area contributed by atoms with Gasteiger partial charge in [-0.1, -0.05) is 35.3 Å². The monoisotopic (exact) mass is 576 g/mol. The van der Waals surface area contributed by atoms with Crippen molar-refractivity contribution in [2.24, 2.45) is 17.6 Å². The molecule has 0 bridgehead atoms. The van der Waals surface area contributed by atoms with E-state index in [-0.39, 0.29) is 17.6 Å². The minimum absolute atomic E-state index is 0.0161. The smallest absolute Gasteiger partial charge is 0.311 e. The Morgan fingerprint density at radius 2 is 1.59 bits per heavy atom. The van der Waals surface area contributed by atoms with Crippen molar-refractivity contribution in [1.29, 1.82) is 0 Å². The normalized spacial score (nSPS) is 17.3. The molecule has 2 aliphatic rings. The average molecular weight is 578 g/mol. The Morgan fingerprint density at radius 3 is 2.21 bits per heavy atom. The number of nitrogens with zero attached hydrogens (tertiary/aromatic N) is 3. The van der Waals surface area contributed by atoms with Crippen LogP contribution in [0.2, 0.25) is 10.0 Å². The molecule has 2 aromatic rings. The van der Waals surface area contributed by atoms with Crippen molar-refractivity contribution < 1.29 is 18.8 Å². The van der Waals surface area contributed by atoms with Crippen LogP contribution in [0, 0.1) is 17.7 Å². The highest BCUT2D eigenvalue weighted by molar-refractivity contribution is 6.42. The first-order valence-corrected chi connectivity index (χ1v) is 14.3. The van der Waals surface area contributed by atoms with Crippen molar-refractivity contribution in [3.8, 4) is 0 Å². The number of hydrogen-bond donors (Lipinski definition) is 1. The van der Waals surface area contributed by atoms with Crippen molar-refractivity contribution >= 4 is 46.6 Å². The van der Waals surface area contributed by atoms with E-state index >= 15 is 0 Å². The van der Waals surface area contributed by atoms with E-state index in [0.717, 1.165) is 45.3 Å². The fourth-order valence-corrected chi connectivity index (χ4v) is 5.84. The van der Waals surface area contributed by atoms with Gasteiger partial charge in [-0.2, -0.15) is 0 Å². The highest BCUT2D eigenvalue weighted by atomic mass is 35.5. The largest absolute Gasteiger partial charge is 0.361 e. The first kappa shape index (κ1) is 29.3. The van der Waals surface area contributed by atoms with E-state index < -0.39 is 11.8 Å². The number of piperidine rings is 2. The van der Waals surface area contributed by atoms with Crippen LogP contribution in [0.3, 0.4) is 0 Å². The summed E-state index contributed by atoms with van der Waals surface area (Å²) in [6.45, 7) is 4.05. The van der Waals surface area contributed by atoms with Gasteiger partial charge in [0.05, 0.1) is 10.0 Å². The number of likely N-dealkylation sites (tertiary alicyclic amines) is 2. The summed E-state index contributed by atoms with van der Waals surface area (Å²) < 4.78 is 13.2. The van der Waals surface area contributed by atoms with Crippen LogP contribution >= 0.6 is 23.2 Å². The Morgan fingerprint density at radius 1 is 0.923 bits per heavy atom. The predicted octanol–water partition coefficient (Wildman–Crippen LogP) is 4.53. The summed E-state index contributed by atoms with van der Waals surface area (Å²) in [7, 11) is 0. The highest BCUT2D eigenvalue weighted by Crippen LogP contribution is 2.30. The third-order valence-corrected chi connectivity index (χ3v) is 8.56. The van der Waals surface area contributed by atoms with Gasteiger partial charge in [0.1, 0.15) is 5.82 Å². The molecule has 0 aromatic heterocycles. The molecular formula is C29H35Cl2FN4O3. The summed E-state index contributed by atoms with van der Waals surface area (Å²) in [6.07, 6.45) is 4.89. The average Bonchev–Trinajstić information content (AvgIpc) is 2.94. The van der Waals surface area contributed by atoms with Gasteiger partial charge < -0.3 is 20.4 Å². The van der Waals surface area contributed by atoms with Crippen LogP contribution in [-0.4, -0.2) is 66.8 Å². The van der Waals surface area contributed by atoms with E-state index in [1.807, 2.05) is 12.1 Å². The molecule has 0 atom stereocenters. The molecule has 4 rings (SSSR count). The maximum absolute atomic E-state index is 13.6. The fourth-order valence-electron chi connectivity index (χ4n) is 5.55. The number of carbonyl (C=O) groups excluding carboxylic acids is 3. The number of primary amides is 1. The predicted molar refractivity (Wildman–Crippen MR) is 151 cm³/mol. The fraction of sp³-hybridized carbons (Fsp3) is 0.483. The van der Waals surface area contributed by atoms with Gasteiger partial charge >= 0.3 is 11.8 Å². The Bertz CT molecular complexity index is 1160. The zero-order chi connectivity index (χ0) is 27.9. The molecule has 2 fully saturated rings. The Hall–Kier alpha value is -2.68. The van der Waals surface area contributed by atoms with Crippen LogP contribution in [0.5, 0.6) is 0 Å². The lowest BCUT2D eigenvalue weighted by molar-refractivity contribution is -0.145. The van der Waals surface area contributed by atoms with Gasteiger partial charge in [-0.25, -0.2) is 4.39 Å². The molecule has 10 heteroatoms. The third kappa shape index (κ3) is 7.93. The third-order valence-electron chi connectivity index (χ3n) is 7.82. The van der Waals surface area contributed by atoms with E-state index in [1.165, 1.54) is 22.6 Å². The molecule has 7 nitrogen and oxygen atoms in total. The van der Waals surface area contributed by atoms with Gasteiger partial charge in [-0.3, -0.25) is 14.4 Å². The molecular weight excluding hydrogens is 542 g/mol. The molecule has 210 valence electrons. The van der Waals surface area contributed by atoms with E-state index in [0.29, 0.717) is 54.1 Å². The SMILES string of the molecule is NC(=O)C(=O)N1CCC(C(=O)N(CCCN2CCC(Cc3ccc(F)cc3)CC2)c2ccc(Cl)c(Cl)c2)CC1. The highest BCUT2D eigenvalue weighted by Gasteiger charge is 2.32. The van der Waals surface area contributed by atoms with Crippen molar-refractivity contribution in [3.05, 3.63) is 63.9 Å². The van der Waals surface area contributed by atoms with Crippen LogP contribution in [-0.2, 0) is 20.8 Å². The quantitative estimate of drug-likeness (QED) is 0.467. The molecule has 3 amide bonds. The van der Waals surface area contributed by atoms with Crippen molar-refractivity contribution in [2.75, 3.05) is 44.2 Å². The van der Waals surface area contributed by atoms with Crippen LogP contribution in [0.25, 0.3) is 0 Å². The summed E-state index contributed by atoms with van der Waals surface area (Å²) in [6, 6.07) is 12.0. The molecule has 0 aliphatic carbocycles. The lowest BCUT2D eigenvalue weighted by Gasteiger charge is -2.35. The number of anilines is 1. The van der Waals surface area contributed by atoms with Gasteiger partial charge in [0.2, 0.25) is 5.91 Å². The van der Waals surface area contributed by atoms with Crippen LogP contribution < -0.4 is 10.6 Å². The zero-order valence-electron chi connectivity index (χ0n) is 22.0. The minimum atomic E-state index is -0.975. The number of amides is 3. The molecule has 0 saturated carbocycles.